The molecule has 0 aliphatic carbocycles. The monoisotopic (exact) mass is 667 g/mol. The van der Waals surface area contributed by atoms with Gasteiger partial charge >= 0.3 is 12.1 Å². The molecule has 0 aromatic heterocycles. The summed E-state index contributed by atoms with van der Waals surface area (Å²) in [4.78, 5) is 28.6. The topological polar surface area (TPSA) is 198 Å². The van der Waals surface area contributed by atoms with Crippen LogP contribution in [-0.2, 0) is 30.9 Å². The first kappa shape index (κ1) is 34.3. The lowest BCUT2D eigenvalue weighted by molar-refractivity contribution is -0.192. The van der Waals surface area contributed by atoms with Crippen LogP contribution in [0.5, 0.6) is 0 Å². The summed E-state index contributed by atoms with van der Waals surface area (Å²) in [5, 5.41) is 27.5. The first-order valence-corrected chi connectivity index (χ1v) is 15.2. The Hall–Kier alpha value is -5.54. The van der Waals surface area contributed by atoms with Gasteiger partial charge in [0.2, 0.25) is 15.6 Å². The number of rotatable bonds is 8. The van der Waals surface area contributed by atoms with Gasteiger partial charge in [-0.3, -0.25) is 10.2 Å². The molecule has 1 heterocycles. The Kier molecular flexibility index (Phi) is 10.1. The summed E-state index contributed by atoms with van der Waals surface area (Å²) < 4.78 is 55.8. The van der Waals surface area contributed by atoms with Crippen LogP contribution in [-0.4, -0.2) is 48.7 Å². The lowest BCUT2D eigenvalue weighted by Crippen LogP contribution is -2.45. The van der Waals surface area contributed by atoms with Crippen LogP contribution in [0.25, 0.3) is 11.1 Å². The maximum atomic E-state index is 13.8. The summed E-state index contributed by atoms with van der Waals surface area (Å²) in [6.07, 6.45) is -4.60. The van der Waals surface area contributed by atoms with Crippen LogP contribution >= 0.6 is 0 Å². The molecule has 1 atom stereocenters. The molecule has 15 heteroatoms. The molecule has 1 aliphatic rings. The van der Waals surface area contributed by atoms with Crippen LogP contribution in [0.1, 0.15) is 23.1 Å². The number of nitrogen functional groups attached to an aromatic ring is 1. The second-order valence-electron chi connectivity index (χ2n) is 10.3. The van der Waals surface area contributed by atoms with Crippen molar-refractivity contribution in [1.82, 2.24) is 0 Å². The van der Waals surface area contributed by atoms with Gasteiger partial charge in [0.1, 0.15) is 5.84 Å². The molecule has 47 heavy (non-hydrogen) atoms. The minimum Gasteiger partial charge on any atom is -0.475 e. The highest BCUT2D eigenvalue weighted by Crippen LogP contribution is 2.33. The zero-order valence-electron chi connectivity index (χ0n) is 24.4. The number of alkyl halides is 3. The molecule has 4 aromatic carbocycles. The molecule has 0 spiro atoms. The maximum absolute atomic E-state index is 13.8. The number of nitrogens with zero attached hydrogens (tertiary/aromatic N) is 1. The largest absolute Gasteiger partial charge is 0.490 e. The zero-order chi connectivity index (χ0) is 34.4. The molecule has 244 valence electrons. The Labute approximate surface area is 267 Å². The van der Waals surface area contributed by atoms with Crippen molar-refractivity contribution >= 4 is 39.1 Å². The van der Waals surface area contributed by atoms with Crippen molar-refractivity contribution in [1.29, 1.82) is 5.41 Å². The van der Waals surface area contributed by atoms with E-state index in [0.29, 0.717) is 33.7 Å². The van der Waals surface area contributed by atoms with Crippen molar-refractivity contribution in [3.63, 3.8) is 0 Å². The number of primary sulfonamides is 1. The predicted octanol–water partition coefficient (Wildman–Crippen LogP) is 4.66. The fourth-order valence-electron chi connectivity index (χ4n) is 4.65. The van der Waals surface area contributed by atoms with Crippen LogP contribution in [0.3, 0.4) is 0 Å². The Bertz CT molecular complexity index is 1930. The highest BCUT2D eigenvalue weighted by Gasteiger charge is 2.47. The van der Waals surface area contributed by atoms with Crippen molar-refractivity contribution in [3.8, 4) is 11.1 Å². The smallest absolute Gasteiger partial charge is 0.475 e. The molecule has 1 unspecified atom stereocenters. The van der Waals surface area contributed by atoms with E-state index in [9.17, 15) is 26.4 Å². The molecule has 7 N–H and O–H groups in total. The van der Waals surface area contributed by atoms with Gasteiger partial charge < -0.3 is 21.0 Å². The number of aliphatic carboxylic acids is 1. The van der Waals surface area contributed by atoms with Gasteiger partial charge in [-0.2, -0.15) is 13.2 Å². The van der Waals surface area contributed by atoms with E-state index in [-0.39, 0.29) is 29.5 Å². The van der Waals surface area contributed by atoms with Gasteiger partial charge in [0.15, 0.2) is 0 Å². The minimum atomic E-state index is -5.08. The second kappa shape index (κ2) is 13.8. The standard InChI is InChI=1S/C30H27N5O4S.C2HF3O2/c31-28(32)23-10-6-9-22(17-23)26-19-30(39-35-26,18-20-7-2-1-3-8-20)29(36)34-24-15-13-21(14-16-24)25-11-4-5-12-27(25)40(33,37)38;3-2(4,5)1(6)7/h1-17H,18-19H2,(H3,31,32)(H,34,36)(H2,33,37,38);(H,6,7). The number of halogens is 3. The first-order valence-electron chi connectivity index (χ1n) is 13.7. The molecular weight excluding hydrogens is 639 g/mol. The van der Waals surface area contributed by atoms with E-state index in [2.05, 4.69) is 10.5 Å². The lowest BCUT2D eigenvalue weighted by atomic mass is 9.87. The zero-order valence-corrected chi connectivity index (χ0v) is 25.2. The molecular formula is C32H28F3N5O6S. The average Bonchev–Trinajstić information content (AvgIpc) is 3.47. The number of amidine groups is 1. The molecule has 0 saturated heterocycles. The van der Waals surface area contributed by atoms with E-state index in [1.54, 1.807) is 60.7 Å². The van der Waals surface area contributed by atoms with Gasteiger partial charge in [-0.15, -0.1) is 0 Å². The summed E-state index contributed by atoms with van der Waals surface area (Å²) in [6, 6.07) is 29.9. The van der Waals surface area contributed by atoms with Crippen molar-refractivity contribution in [2.75, 3.05) is 5.32 Å². The number of anilines is 1. The first-order chi connectivity index (χ1) is 22.1. The molecule has 4 aromatic rings. The fraction of sp³-hybridized carbons (Fsp3) is 0.125. The molecule has 0 bridgehead atoms. The quantitative estimate of drug-likeness (QED) is 0.133. The summed E-state index contributed by atoms with van der Waals surface area (Å²) in [5.41, 5.74) is 8.69. The van der Waals surface area contributed by atoms with Crippen molar-refractivity contribution in [2.24, 2.45) is 16.0 Å². The number of carbonyl (C=O) groups is 2. The molecule has 0 fully saturated rings. The predicted molar refractivity (Wildman–Crippen MR) is 168 cm³/mol. The van der Waals surface area contributed by atoms with Crippen molar-refractivity contribution in [3.05, 3.63) is 120 Å². The number of nitrogens with one attached hydrogen (secondary N) is 2. The van der Waals surface area contributed by atoms with Gasteiger partial charge in [0.25, 0.3) is 5.91 Å². The molecule has 1 amide bonds. The van der Waals surface area contributed by atoms with E-state index < -0.39 is 27.8 Å². The fourth-order valence-corrected chi connectivity index (χ4v) is 5.41. The molecule has 11 nitrogen and oxygen atoms in total. The van der Waals surface area contributed by atoms with Gasteiger partial charge in [0, 0.05) is 35.2 Å². The van der Waals surface area contributed by atoms with E-state index in [4.69, 9.17) is 31.0 Å². The van der Waals surface area contributed by atoms with E-state index in [0.717, 1.165) is 5.56 Å². The molecule has 0 radical (unpaired) electrons. The number of oxime groups is 1. The number of hydrogen-bond donors (Lipinski definition) is 5. The second-order valence-corrected chi connectivity index (χ2v) is 11.9. The van der Waals surface area contributed by atoms with E-state index in [1.165, 1.54) is 6.07 Å². The van der Waals surface area contributed by atoms with E-state index in [1.807, 2.05) is 36.4 Å². The summed E-state index contributed by atoms with van der Waals surface area (Å²) in [6.45, 7) is 0. The number of carbonyl (C=O) groups excluding carboxylic acids is 1. The van der Waals surface area contributed by atoms with Crippen LogP contribution in [0, 0.1) is 5.41 Å². The SMILES string of the molecule is N=C(N)c1cccc(C2=NOC(Cc3ccccc3)(C(=O)Nc3ccc(-c4ccccc4S(N)(=O)=O)cc3)C2)c1.O=C(O)C(F)(F)F. The highest BCUT2D eigenvalue weighted by atomic mass is 32.2. The minimum absolute atomic E-state index is 0.0199. The molecule has 5 rings (SSSR count). The summed E-state index contributed by atoms with van der Waals surface area (Å²) >= 11 is 0. The number of carboxylic acid groups (broad SMARTS) is 1. The molecule has 1 aliphatic heterocycles. The number of nitrogens with two attached hydrogens (primary N) is 2. The number of carboxylic acids is 1. The summed E-state index contributed by atoms with van der Waals surface area (Å²) in [7, 11) is -3.91. The third kappa shape index (κ3) is 8.59. The third-order valence-corrected chi connectivity index (χ3v) is 7.90. The van der Waals surface area contributed by atoms with Gasteiger partial charge in [-0.1, -0.05) is 84.0 Å². The van der Waals surface area contributed by atoms with Crippen LogP contribution < -0.4 is 16.2 Å². The number of hydrogen-bond acceptors (Lipinski definition) is 7. The Morgan fingerprint density at radius 1 is 0.936 bits per heavy atom. The average molecular weight is 668 g/mol. The molecule has 0 saturated carbocycles. The van der Waals surface area contributed by atoms with Crippen molar-refractivity contribution < 1.29 is 41.1 Å². The third-order valence-electron chi connectivity index (χ3n) is 6.93. The summed E-state index contributed by atoms with van der Waals surface area (Å²) in [5.74, 6) is -3.20. The number of benzene rings is 4. The normalized spacial score (nSPS) is 15.8. The van der Waals surface area contributed by atoms with Gasteiger partial charge in [-0.25, -0.2) is 18.4 Å². The highest BCUT2D eigenvalue weighted by molar-refractivity contribution is 7.89. The van der Waals surface area contributed by atoms with Crippen LogP contribution in [0.4, 0.5) is 18.9 Å². The Morgan fingerprint density at radius 3 is 2.15 bits per heavy atom. The van der Waals surface area contributed by atoms with Gasteiger partial charge in [0.05, 0.1) is 10.6 Å². The Morgan fingerprint density at radius 2 is 1.55 bits per heavy atom. The lowest BCUT2D eigenvalue weighted by Gasteiger charge is -2.26. The van der Waals surface area contributed by atoms with Gasteiger partial charge in [-0.05, 0) is 35.4 Å². The van der Waals surface area contributed by atoms with Crippen LogP contribution in [0.2, 0.25) is 0 Å². The number of amides is 1. The Balaban J connectivity index is 0.000000644. The number of sulfonamides is 1. The maximum Gasteiger partial charge on any atom is 0.490 e. The van der Waals surface area contributed by atoms with Crippen molar-refractivity contribution in [2.45, 2.75) is 29.5 Å². The van der Waals surface area contributed by atoms with Crippen LogP contribution in [0.15, 0.2) is 113 Å². The van der Waals surface area contributed by atoms with E-state index >= 15 is 0 Å².